The molecule has 0 bridgehead atoms. The van der Waals surface area contributed by atoms with Crippen molar-refractivity contribution in [1.29, 1.82) is 0 Å². The Kier molecular flexibility index (Phi) is 3.47. The van der Waals surface area contributed by atoms with E-state index in [9.17, 15) is 0 Å². The number of hydrogen-bond acceptors (Lipinski definition) is 2. The van der Waals surface area contributed by atoms with Crippen LogP contribution < -0.4 is 5.73 Å². The summed E-state index contributed by atoms with van der Waals surface area (Å²) in [5.74, 6) is 1.27. The van der Waals surface area contributed by atoms with Gasteiger partial charge in [0.1, 0.15) is 10.7 Å². The van der Waals surface area contributed by atoms with Crippen LogP contribution in [0, 0.1) is 0 Å². The molecular formula is C11H7Br2NOS. The smallest absolute Gasteiger partial charge is 0.161 e. The highest BCUT2D eigenvalue weighted by atomic mass is 79.9. The molecule has 0 radical (unpaired) electrons. The van der Waals surface area contributed by atoms with Crippen molar-refractivity contribution >= 4 is 49.1 Å². The van der Waals surface area contributed by atoms with E-state index in [1.807, 2.05) is 24.3 Å². The molecule has 2 aromatic rings. The summed E-state index contributed by atoms with van der Waals surface area (Å²) in [6.07, 6.45) is 0. The van der Waals surface area contributed by atoms with E-state index in [1.165, 1.54) is 0 Å². The summed E-state index contributed by atoms with van der Waals surface area (Å²) in [6.45, 7) is 0. The maximum absolute atomic E-state index is 5.54. The van der Waals surface area contributed by atoms with Gasteiger partial charge in [-0.1, -0.05) is 28.1 Å². The first-order chi connectivity index (χ1) is 7.58. The molecule has 2 N–H and O–H groups in total. The van der Waals surface area contributed by atoms with Crippen molar-refractivity contribution in [2.24, 2.45) is 5.73 Å². The van der Waals surface area contributed by atoms with E-state index in [1.54, 1.807) is 6.07 Å². The molecule has 2 nitrogen and oxygen atoms in total. The normalized spacial score (nSPS) is 10.4. The van der Waals surface area contributed by atoms with Crippen molar-refractivity contribution < 1.29 is 4.42 Å². The Hall–Kier alpha value is -0.650. The Morgan fingerprint density at radius 2 is 1.94 bits per heavy atom. The lowest BCUT2D eigenvalue weighted by atomic mass is 10.2. The Bertz CT molecular complexity index is 551. The van der Waals surface area contributed by atoms with Gasteiger partial charge in [0.15, 0.2) is 5.76 Å². The minimum absolute atomic E-state index is 0.263. The summed E-state index contributed by atoms with van der Waals surface area (Å²) in [5.41, 5.74) is 6.45. The Morgan fingerprint density at radius 1 is 1.19 bits per heavy atom. The molecule has 82 valence electrons. The third-order valence-corrected chi connectivity index (χ3v) is 3.40. The number of rotatable bonds is 2. The van der Waals surface area contributed by atoms with Crippen LogP contribution in [-0.2, 0) is 0 Å². The summed E-state index contributed by atoms with van der Waals surface area (Å²) < 4.78 is 7.49. The van der Waals surface area contributed by atoms with Crippen molar-refractivity contribution in [3.8, 4) is 11.3 Å². The zero-order valence-electron chi connectivity index (χ0n) is 8.04. The summed E-state index contributed by atoms with van der Waals surface area (Å²) in [7, 11) is 0. The third kappa shape index (κ3) is 2.36. The molecule has 0 aliphatic rings. The Labute approximate surface area is 115 Å². The molecule has 5 heteroatoms. The lowest BCUT2D eigenvalue weighted by Gasteiger charge is -2.01. The predicted molar refractivity (Wildman–Crippen MR) is 75.4 cm³/mol. The van der Waals surface area contributed by atoms with Gasteiger partial charge in [-0.3, -0.25) is 0 Å². The van der Waals surface area contributed by atoms with Crippen molar-refractivity contribution in [2.45, 2.75) is 0 Å². The molecule has 1 heterocycles. The quantitative estimate of drug-likeness (QED) is 0.819. The average Bonchev–Trinajstić information content (AvgIpc) is 2.66. The number of thiocarbonyl (C=S) groups is 1. The van der Waals surface area contributed by atoms with E-state index in [4.69, 9.17) is 22.4 Å². The van der Waals surface area contributed by atoms with Crippen LogP contribution in [0.3, 0.4) is 0 Å². The molecule has 0 aliphatic heterocycles. The van der Waals surface area contributed by atoms with Gasteiger partial charge < -0.3 is 10.2 Å². The lowest BCUT2D eigenvalue weighted by molar-refractivity contribution is 0.573. The zero-order chi connectivity index (χ0) is 11.7. The second kappa shape index (κ2) is 4.69. The monoisotopic (exact) mass is 359 g/mol. The maximum atomic E-state index is 5.54. The van der Waals surface area contributed by atoms with E-state index in [-0.39, 0.29) is 4.99 Å². The van der Waals surface area contributed by atoms with Crippen molar-refractivity contribution in [3.05, 3.63) is 45.0 Å². The van der Waals surface area contributed by atoms with Crippen molar-refractivity contribution in [1.82, 2.24) is 0 Å². The van der Waals surface area contributed by atoms with Gasteiger partial charge in [0.05, 0.1) is 0 Å². The van der Waals surface area contributed by atoms with Crippen molar-refractivity contribution in [3.63, 3.8) is 0 Å². The number of furan rings is 1. The van der Waals surface area contributed by atoms with Crippen LogP contribution in [0.4, 0.5) is 0 Å². The van der Waals surface area contributed by atoms with Crippen LogP contribution in [0.2, 0.25) is 0 Å². The van der Waals surface area contributed by atoms with Gasteiger partial charge in [-0.15, -0.1) is 0 Å². The fourth-order valence-electron chi connectivity index (χ4n) is 1.30. The van der Waals surface area contributed by atoms with E-state index < -0.39 is 0 Å². The molecule has 0 amide bonds. The molecule has 2 rings (SSSR count). The molecule has 0 unspecified atom stereocenters. The van der Waals surface area contributed by atoms with Gasteiger partial charge in [0.2, 0.25) is 0 Å². The topological polar surface area (TPSA) is 39.2 Å². The minimum Gasteiger partial charge on any atom is -0.454 e. The predicted octanol–water partition coefficient (Wildman–Crippen LogP) is 4.11. The minimum atomic E-state index is 0.263. The summed E-state index contributed by atoms with van der Waals surface area (Å²) in [6, 6.07) is 9.48. The first-order valence-corrected chi connectivity index (χ1v) is 6.42. The zero-order valence-corrected chi connectivity index (χ0v) is 12.0. The standard InChI is InChI=1S/C11H7Br2NOS/c12-6-1-2-7(8(13)5-6)9-3-4-10(15-9)11(14)16/h1-5H,(H2,14,16). The van der Waals surface area contributed by atoms with Crippen LogP contribution in [0.5, 0.6) is 0 Å². The fraction of sp³-hybridized carbons (Fsp3) is 0. The maximum Gasteiger partial charge on any atom is 0.161 e. The Morgan fingerprint density at radius 3 is 2.50 bits per heavy atom. The van der Waals surface area contributed by atoms with Crippen LogP contribution >= 0.6 is 44.1 Å². The van der Waals surface area contributed by atoms with Crippen LogP contribution in [-0.4, -0.2) is 4.99 Å². The molecular weight excluding hydrogens is 354 g/mol. The summed E-state index contributed by atoms with van der Waals surface area (Å²) in [4.78, 5) is 0.263. The third-order valence-electron chi connectivity index (χ3n) is 2.05. The molecule has 0 fully saturated rings. The van der Waals surface area contributed by atoms with E-state index >= 15 is 0 Å². The number of hydrogen-bond donors (Lipinski definition) is 1. The molecule has 1 aromatic heterocycles. The molecule has 0 saturated carbocycles. The number of benzene rings is 1. The average molecular weight is 361 g/mol. The fourth-order valence-corrected chi connectivity index (χ4v) is 2.66. The molecule has 0 spiro atoms. The van der Waals surface area contributed by atoms with E-state index in [0.717, 1.165) is 20.3 Å². The van der Waals surface area contributed by atoms with Gasteiger partial charge in [-0.25, -0.2) is 0 Å². The second-order valence-corrected chi connectivity index (χ2v) is 5.36. The van der Waals surface area contributed by atoms with Gasteiger partial charge in [-0.2, -0.15) is 0 Å². The lowest BCUT2D eigenvalue weighted by Crippen LogP contribution is -2.07. The Balaban J connectivity index is 2.46. The largest absolute Gasteiger partial charge is 0.454 e. The van der Waals surface area contributed by atoms with Crippen LogP contribution in [0.15, 0.2) is 43.7 Å². The van der Waals surface area contributed by atoms with Crippen LogP contribution in [0.25, 0.3) is 11.3 Å². The molecule has 1 aromatic carbocycles. The van der Waals surface area contributed by atoms with Crippen molar-refractivity contribution in [2.75, 3.05) is 0 Å². The van der Waals surface area contributed by atoms with Gasteiger partial charge in [-0.05, 0) is 46.3 Å². The molecule has 0 saturated heterocycles. The van der Waals surface area contributed by atoms with Gasteiger partial charge in [0, 0.05) is 14.5 Å². The SMILES string of the molecule is NC(=S)c1ccc(-c2ccc(Br)cc2Br)o1. The van der Waals surface area contributed by atoms with Crippen LogP contribution in [0.1, 0.15) is 5.76 Å². The van der Waals surface area contributed by atoms with E-state index in [0.29, 0.717) is 5.76 Å². The first-order valence-electron chi connectivity index (χ1n) is 4.43. The first kappa shape index (κ1) is 11.8. The molecule has 16 heavy (non-hydrogen) atoms. The summed E-state index contributed by atoms with van der Waals surface area (Å²) in [5, 5.41) is 0. The summed E-state index contributed by atoms with van der Waals surface area (Å²) >= 11 is 11.7. The number of halogens is 2. The highest BCUT2D eigenvalue weighted by Crippen LogP contribution is 2.31. The second-order valence-electron chi connectivity index (χ2n) is 3.15. The number of nitrogens with two attached hydrogens (primary N) is 1. The van der Waals surface area contributed by atoms with Gasteiger partial charge >= 0.3 is 0 Å². The highest BCUT2D eigenvalue weighted by molar-refractivity contribution is 9.11. The van der Waals surface area contributed by atoms with E-state index in [2.05, 4.69) is 31.9 Å². The van der Waals surface area contributed by atoms with Gasteiger partial charge in [0.25, 0.3) is 0 Å². The highest BCUT2D eigenvalue weighted by Gasteiger charge is 2.09. The molecule has 0 aliphatic carbocycles. The molecule has 0 atom stereocenters.